The number of hydrogen-bond donors (Lipinski definition) is 1. The number of nitrogens with zero attached hydrogens (tertiary/aromatic N) is 3. The van der Waals surface area contributed by atoms with Crippen LogP contribution in [0.25, 0.3) is 0 Å². The van der Waals surface area contributed by atoms with Gasteiger partial charge in [0.2, 0.25) is 0 Å². The normalized spacial score (nSPS) is 15.6. The Hall–Kier alpha value is -2.43. The van der Waals surface area contributed by atoms with E-state index in [0.717, 1.165) is 37.3 Å². The Labute approximate surface area is 130 Å². The second-order valence-corrected chi connectivity index (χ2v) is 5.54. The Morgan fingerprint density at radius 3 is 2.64 bits per heavy atom. The molecule has 1 aliphatic heterocycles. The third-order valence-corrected chi connectivity index (χ3v) is 3.99. The van der Waals surface area contributed by atoms with Crippen LogP contribution in [0.5, 0.6) is 0 Å². The Kier molecular flexibility index (Phi) is 4.32. The van der Waals surface area contributed by atoms with E-state index in [9.17, 15) is 4.79 Å². The van der Waals surface area contributed by atoms with Crippen LogP contribution in [0.4, 0.5) is 5.82 Å². The van der Waals surface area contributed by atoms with E-state index in [1.165, 1.54) is 0 Å². The summed E-state index contributed by atoms with van der Waals surface area (Å²) in [7, 11) is 0. The van der Waals surface area contributed by atoms with Crippen molar-refractivity contribution in [1.29, 1.82) is 0 Å². The Morgan fingerprint density at radius 1 is 1.18 bits per heavy atom. The van der Waals surface area contributed by atoms with E-state index < -0.39 is 0 Å². The second kappa shape index (κ2) is 6.56. The zero-order chi connectivity index (χ0) is 15.4. The minimum absolute atomic E-state index is 0.0675. The van der Waals surface area contributed by atoms with Crippen LogP contribution in [0.3, 0.4) is 0 Å². The van der Waals surface area contributed by atoms with E-state index >= 15 is 0 Å². The fourth-order valence-electron chi connectivity index (χ4n) is 2.76. The van der Waals surface area contributed by atoms with Gasteiger partial charge in [-0.25, -0.2) is 4.98 Å². The average molecular weight is 296 g/mol. The highest BCUT2D eigenvalue weighted by molar-refractivity contribution is 5.99. The largest absolute Gasteiger partial charge is 0.356 e. The molecule has 2 aromatic heterocycles. The van der Waals surface area contributed by atoms with Crippen LogP contribution in [-0.4, -0.2) is 29.0 Å². The first kappa shape index (κ1) is 14.5. The summed E-state index contributed by atoms with van der Waals surface area (Å²) in [6.45, 7) is 3.91. The van der Waals surface area contributed by atoms with Crippen molar-refractivity contribution in [3.05, 3.63) is 54.0 Å². The third kappa shape index (κ3) is 3.08. The van der Waals surface area contributed by atoms with Crippen molar-refractivity contribution < 1.29 is 4.79 Å². The molecule has 1 fully saturated rings. The lowest BCUT2D eigenvalue weighted by atomic mass is 10.1. The van der Waals surface area contributed by atoms with Gasteiger partial charge in [0.05, 0.1) is 11.6 Å². The summed E-state index contributed by atoms with van der Waals surface area (Å²) in [5, 5.41) is 3.04. The number of carbonyl (C=O) groups excluding carboxylic acids is 1. The topological polar surface area (TPSA) is 58.1 Å². The van der Waals surface area contributed by atoms with Crippen LogP contribution < -0.4 is 10.2 Å². The van der Waals surface area contributed by atoms with Gasteiger partial charge in [0, 0.05) is 31.7 Å². The summed E-state index contributed by atoms with van der Waals surface area (Å²) in [5.74, 6) is 0.707. The number of aromatic nitrogens is 2. The number of rotatable bonds is 4. The van der Waals surface area contributed by atoms with Gasteiger partial charge in [-0.2, -0.15) is 0 Å². The van der Waals surface area contributed by atoms with E-state index in [1.54, 1.807) is 18.6 Å². The molecular formula is C17H20N4O. The van der Waals surface area contributed by atoms with Crippen LogP contribution >= 0.6 is 0 Å². The monoisotopic (exact) mass is 296 g/mol. The summed E-state index contributed by atoms with van der Waals surface area (Å²) in [6.07, 6.45) is 7.53. The van der Waals surface area contributed by atoms with Gasteiger partial charge in [-0.05, 0) is 49.6 Å². The molecule has 3 rings (SSSR count). The molecule has 1 atom stereocenters. The molecule has 0 saturated carbocycles. The lowest BCUT2D eigenvalue weighted by molar-refractivity contribution is 0.0940. The molecule has 22 heavy (non-hydrogen) atoms. The maximum Gasteiger partial charge on any atom is 0.255 e. The van der Waals surface area contributed by atoms with Gasteiger partial charge in [-0.3, -0.25) is 9.78 Å². The molecule has 0 aliphatic carbocycles. The molecule has 114 valence electrons. The van der Waals surface area contributed by atoms with Crippen LogP contribution in [-0.2, 0) is 0 Å². The lowest BCUT2D eigenvalue weighted by Crippen LogP contribution is -2.30. The zero-order valence-corrected chi connectivity index (χ0v) is 12.7. The Morgan fingerprint density at radius 2 is 1.91 bits per heavy atom. The molecule has 1 aliphatic rings. The molecule has 0 spiro atoms. The molecule has 1 unspecified atom stereocenters. The number of amides is 1. The number of pyridine rings is 2. The molecule has 1 saturated heterocycles. The summed E-state index contributed by atoms with van der Waals surface area (Å²) >= 11 is 0. The van der Waals surface area contributed by atoms with E-state index in [1.807, 2.05) is 31.2 Å². The van der Waals surface area contributed by atoms with Gasteiger partial charge < -0.3 is 10.2 Å². The van der Waals surface area contributed by atoms with E-state index in [-0.39, 0.29) is 11.9 Å². The number of anilines is 1. The molecule has 1 amide bonds. The molecule has 3 heterocycles. The summed E-state index contributed by atoms with van der Waals surface area (Å²) in [6, 6.07) is 7.41. The van der Waals surface area contributed by atoms with E-state index in [2.05, 4.69) is 20.2 Å². The Bertz CT molecular complexity index is 638. The van der Waals surface area contributed by atoms with Gasteiger partial charge >= 0.3 is 0 Å². The second-order valence-electron chi connectivity index (χ2n) is 5.54. The molecule has 5 nitrogen and oxygen atoms in total. The highest BCUT2D eigenvalue weighted by atomic mass is 16.1. The van der Waals surface area contributed by atoms with Crippen LogP contribution in [0.2, 0.25) is 0 Å². The Balaban J connectivity index is 1.78. The van der Waals surface area contributed by atoms with Gasteiger partial charge in [-0.15, -0.1) is 0 Å². The van der Waals surface area contributed by atoms with Crippen molar-refractivity contribution in [2.45, 2.75) is 25.8 Å². The number of carbonyl (C=O) groups is 1. The highest BCUT2D eigenvalue weighted by Crippen LogP contribution is 2.22. The van der Waals surface area contributed by atoms with Crippen LogP contribution in [0.15, 0.2) is 42.9 Å². The third-order valence-electron chi connectivity index (χ3n) is 3.99. The molecule has 1 N–H and O–H groups in total. The molecule has 0 bridgehead atoms. The first-order valence-electron chi connectivity index (χ1n) is 7.66. The predicted octanol–water partition coefficient (Wildman–Crippen LogP) is 2.57. The smallest absolute Gasteiger partial charge is 0.255 e. The SMILES string of the molecule is CC(NC(=O)c1cccnc1N1CCCC1)c1ccncc1. The van der Waals surface area contributed by atoms with Crippen molar-refractivity contribution in [1.82, 2.24) is 15.3 Å². The van der Waals surface area contributed by atoms with Gasteiger partial charge in [0.25, 0.3) is 5.91 Å². The summed E-state index contributed by atoms with van der Waals surface area (Å²) in [4.78, 5) is 23.2. The van der Waals surface area contributed by atoms with Gasteiger partial charge in [0.1, 0.15) is 5.82 Å². The van der Waals surface area contributed by atoms with Crippen molar-refractivity contribution in [2.24, 2.45) is 0 Å². The minimum atomic E-state index is -0.0840. The first-order chi connectivity index (χ1) is 10.8. The van der Waals surface area contributed by atoms with Gasteiger partial charge in [-0.1, -0.05) is 0 Å². The zero-order valence-electron chi connectivity index (χ0n) is 12.7. The highest BCUT2D eigenvalue weighted by Gasteiger charge is 2.21. The van der Waals surface area contributed by atoms with Crippen molar-refractivity contribution in [2.75, 3.05) is 18.0 Å². The standard InChI is InChI=1S/C17H20N4O/c1-13(14-6-9-18-10-7-14)20-17(22)15-5-4-8-19-16(15)21-11-2-3-12-21/h4-10,13H,2-3,11-12H2,1H3,(H,20,22). The molecule has 0 aromatic carbocycles. The number of hydrogen-bond acceptors (Lipinski definition) is 4. The summed E-state index contributed by atoms with van der Waals surface area (Å²) < 4.78 is 0. The molecular weight excluding hydrogens is 276 g/mol. The predicted molar refractivity (Wildman–Crippen MR) is 85.8 cm³/mol. The average Bonchev–Trinajstić information content (AvgIpc) is 3.10. The quantitative estimate of drug-likeness (QED) is 0.942. The maximum absolute atomic E-state index is 12.6. The van der Waals surface area contributed by atoms with Crippen LogP contribution in [0, 0.1) is 0 Å². The van der Waals surface area contributed by atoms with E-state index in [4.69, 9.17) is 0 Å². The molecule has 2 aromatic rings. The van der Waals surface area contributed by atoms with Crippen molar-refractivity contribution in [3.8, 4) is 0 Å². The fraction of sp³-hybridized carbons (Fsp3) is 0.353. The van der Waals surface area contributed by atoms with Crippen LogP contribution in [0.1, 0.15) is 41.7 Å². The van der Waals surface area contributed by atoms with Gasteiger partial charge in [0.15, 0.2) is 0 Å². The fourth-order valence-corrected chi connectivity index (χ4v) is 2.76. The molecule has 0 radical (unpaired) electrons. The van der Waals surface area contributed by atoms with Crippen molar-refractivity contribution in [3.63, 3.8) is 0 Å². The minimum Gasteiger partial charge on any atom is -0.356 e. The van der Waals surface area contributed by atoms with E-state index in [0.29, 0.717) is 5.56 Å². The number of nitrogens with one attached hydrogen (secondary N) is 1. The summed E-state index contributed by atoms with van der Waals surface area (Å²) in [5.41, 5.74) is 1.68. The molecule has 5 heteroatoms. The first-order valence-corrected chi connectivity index (χ1v) is 7.66. The maximum atomic E-state index is 12.6. The van der Waals surface area contributed by atoms with Crippen molar-refractivity contribution >= 4 is 11.7 Å². The lowest BCUT2D eigenvalue weighted by Gasteiger charge is -2.20.